The summed E-state index contributed by atoms with van der Waals surface area (Å²) in [6.07, 6.45) is 2.04. The fraction of sp³-hybridized carbons (Fsp3) is 0.600. The summed E-state index contributed by atoms with van der Waals surface area (Å²) in [6.45, 7) is 9.52. The molecule has 0 saturated carbocycles. The van der Waals surface area contributed by atoms with E-state index in [-0.39, 0.29) is 11.2 Å². The Morgan fingerprint density at radius 2 is 2.06 bits per heavy atom. The molecule has 0 aliphatic rings. The van der Waals surface area contributed by atoms with Gasteiger partial charge in [0, 0.05) is 6.04 Å². The van der Waals surface area contributed by atoms with Crippen LogP contribution in [0.25, 0.3) is 0 Å². The fourth-order valence-corrected chi connectivity index (χ4v) is 2.73. The lowest BCUT2D eigenvalue weighted by molar-refractivity contribution is 0.377. The Balaban J connectivity index is 2.82. The van der Waals surface area contributed by atoms with Crippen LogP contribution in [-0.4, -0.2) is 12.6 Å². The topological polar surface area (TPSA) is 12.0 Å². The maximum atomic E-state index is 14.1. The van der Waals surface area contributed by atoms with Gasteiger partial charge < -0.3 is 5.32 Å². The Morgan fingerprint density at radius 3 is 2.67 bits per heavy atom. The van der Waals surface area contributed by atoms with E-state index in [1.807, 2.05) is 12.1 Å². The van der Waals surface area contributed by atoms with Gasteiger partial charge in [0.25, 0.3) is 0 Å². The molecule has 1 nitrogen and oxygen atoms in total. The lowest BCUT2D eigenvalue weighted by Gasteiger charge is -2.29. The van der Waals surface area contributed by atoms with Crippen LogP contribution in [0.5, 0.6) is 0 Å². The van der Waals surface area contributed by atoms with Gasteiger partial charge in [-0.1, -0.05) is 32.9 Å². The predicted octanol–water partition coefficient (Wildman–Crippen LogP) is 4.64. The van der Waals surface area contributed by atoms with Gasteiger partial charge in [-0.3, -0.25) is 0 Å². The van der Waals surface area contributed by atoms with Crippen LogP contribution in [0.2, 0.25) is 0 Å². The summed E-state index contributed by atoms with van der Waals surface area (Å²) in [5.41, 5.74) is 0.607. The highest BCUT2D eigenvalue weighted by Crippen LogP contribution is 2.33. The van der Waals surface area contributed by atoms with E-state index in [2.05, 4.69) is 48.9 Å². The fourth-order valence-electron chi connectivity index (χ4n) is 2.36. The first-order valence-electron chi connectivity index (χ1n) is 6.56. The summed E-state index contributed by atoms with van der Waals surface area (Å²) >= 11 is 3.26. The van der Waals surface area contributed by atoms with Crippen LogP contribution in [0.1, 0.15) is 46.1 Å². The highest BCUT2D eigenvalue weighted by molar-refractivity contribution is 9.10. The van der Waals surface area contributed by atoms with E-state index in [0.29, 0.717) is 10.5 Å². The predicted molar refractivity (Wildman–Crippen MR) is 79.5 cm³/mol. The van der Waals surface area contributed by atoms with E-state index >= 15 is 0 Å². The van der Waals surface area contributed by atoms with Crippen molar-refractivity contribution < 1.29 is 4.39 Å². The Kier molecular flexibility index (Phi) is 5.80. The van der Waals surface area contributed by atoms with Crippen LogP contribution in [0, 0.1) is 5.82 Å². The first kappa shape index (κ1) is 15.6. The lowest BCUT2D eigenvalue weighted by atomic mass is 9.79. The molecular weight excluding hydrogens is 293 g/mol. The standard InChI is InChI=1S/C15H23BrFN/c1-5-9-18-11(2)10-15(3,4)12-7-6-8-13(16)14(12)17/h6-8,11,18H,5,9-10H2,1-4H3. The molecule has 0 radical (unpaired) electrons. The van der Waals surface area contributed by atoms with Gasteiger partial charge >= 0.3 is 0 Å². The molecular formula is C15H23BrFN. The molecule has 102 valence electrons. The molecule has 1 atom stereocenters. The summed E-state index contributed by atoms with van der Waals surface area (Å²) < 4.78 is 14.7. The molecule has 0 bridgehead atoms. The zero-order chi connectivity index (χ0) is 13.8. The molecule has 1 aromatic carbocycles. The van der Waals surface area contributed by atoms with Crippen LogP contribution in [0.4, 0.5) is 4.39 Å². The monoisotopic (exact) mass is 315 g/mol. The molecule has 3 heteroatoms. The van der Waals surface area contributed by atoms with E-state index in [9.17, 15) is 4.39 Å². The molecule has 0 aliphatic heterocycles. The van der Waals surface area contributed by atoms with Gasteiger partial charge in [0.15, 0.2) is 0 Å². The number of benzene rings is 1. The third kappa shape index (κ3) is 4.06. The second kappa shape index (κ2) is 6.67. The third-order valence-corrected chi connectivity index (χ3v) is 3.85. The van der Waals surface area contributed by atoms with Gasteiger partial charge in [-0.05, 0) is 59.3 Å². The van der Waals surface area contributed by atoms with Crippen molar-refractivity contribution in [2.45, 2.75) is 52.0 Å². The summed E-state index contributed by atoms with van der Waals surface area (Å²) in [5.74, 6) is -0.134. The van der Waals surface area contributed by atoms with Gasteiger partial charge in [-0.25, -0.2) is 4.39 Å². The Bertz CT molecular complexity index is 390. The largest absolute Gasteiger partial charge is 0.314 e. The molecule has 18 heavy (non-hydrogen) atoms. The Labute approximate surface area is 118 Å². The smallest absolute Gasteiger partial charge is 0.141 e. The lowest BCUT2D eigenvalue weighted by Crippen LogP contribution is -2.34. The van der Waals surface area contributed by atoms with Crippen LogP contribution in [-0.2, 0) is 5.41 Å². The summed E-state index contributed by atoms with van der Waals surface area (Å²) in [4.78, 5) is 0. The van der Waals surface area contributed by atoms with Gasteiger partial charge in [-0.2, -0.15) is 0 Å². The van der Waals surface area contributed by atoms with Crippen molar-refractivity contribution in [2.75, 3.05) is 6.54 Å². The molecule has 1 N–H and O–H groups in total. The van der Waals surface area contributed by atoms with E-state index in [0.717, 1.165) is 24.9 Å². The molecule has 0 fully saturated rings. The average molecular weight is 316 g/mol. The average Bonchev–Trinajstić information content (AvgIpc) is 2.29. The van der Waals surface area contributed by atoms with Crippen molar-refractivity contribution in [1.29, 1.82) is 0 Å². The molecule has 0 amide bonds. The Hall–Kier alpha value is -0.410. The van der Waals surface area contributed by atoms with E-state index in [1.165, 1.54) is 0 Å². The van der Waals surface area contributed by atoms with Gasteiger partial charge in [-0.15, -0.1) is 0 Å². The van der Waals surface area contributed by atoms with Crippen molar-refractivity contribution in [3.05, 3.63) is 34.1 Å². The summed E-state index contributed by atoms with van der Waals surface area (Å²) in [6, 6.07) is 5.91. The van der Waals surface area contributed by atoms with Crippen LogP contribution in [0.15, 0.2) is 22.7 Å². The molecule has 0 aliphatic carbocycles. The highest BCUT2D eigenvalue weighted by Gasteiger charge is 2.26. The number of hydrogen-bond donors (Lipinski definition) is 1. The maximum Gasteiger partial charge on any atom is 0.141 e. The summed E-state index contributed by atoms with van der Waals surface area (Å²) in [5, 5.41) is 3.46. The molecule has 1 rings (SSSR count). The zero-order valence-electron chi connectivity index (χ0n) is 11.7. The third-order valence-electron chi connectivity index (χ3n) is 3.24. The van der Waals surface area contributed by atoms with Gasteiger partial charge in [0.1, 0.15) is 5.82 Å². The first-order chi connectivity index (χ1) is 8.38. The number of rotatable bonds is 6. The van der Waals surface area contributed by atoms with Crippen molar-refractivity contribution >= 4 is 15.9 Å². The minimum absolute atomic E-state index is 0.134. The second-order valence-corrected chi connectivity index (χ2v) is 6.40. The van der Waals surface area contributed by atoms with Crippen LogP contribution in [0.3, 0.4) is 0 Å². The molecule has 1 unspecified atom stereocenters. The molecule has 0 aromatic heterocycles. The Morgan fingerprint density at radius 1 is 1.39 bits per heavy atom. The number of nitrogens with one attached hydrogen (secondary N) is 1. The quantitative estimate of drug-likeness (QED) is 0.806. The van der Waals surface area contributed by atoms with E-state index < -0.39 is 0 Å². The van der Waals surface area contributed by atoms with Crippen molar-refractivity contribution in [2.24, 2.45) is 0 Å². The number of halogens is 2. The second-order valence-electron chi connectivity index (χ2n) is 5.54. The van der Waals surface area contributed by atoms with E-state index in [1.54, 1.807) is 6.07 Å². The number of hydrogen-bond acceptors (Lipinski definition) is 1. The minimum atomic E-state index is -0.173. The zero-order valence-corrected chi connectivity index (χ0v) is 13.3. The maximum absolute atomic E-state index is 14.1. The SMILES string of the molecule is CCCNC(C)CC(C)(C)c1cccc(Br)c1F. The van der Waals surface area contributed by atoms with Crippen molar-refractivity contribution in [3.8, 4) is 0 Å². The normalized spacial score (nSPS) is 13.7. The van der Waals surface area contributed by atoms with Gasteiger partial charge in [0.05, 0.1) is 4.47 Å². The van der Waals surface area contributed by atoms with Crippen molar-refractivity contribution in [3.63, 3.8) is 0 Å². The molecule has 0 spiro atoms. The van der Waals surface area contributed by atoms with Gasteiger partial charge in [0.2, 0.25) is 0 Å². The molecule has 1 aromatic rings. The van der Waals surface area contributed by atoms with Crippen LogP contribution < -0.4 is 5.32 Å². The molecule has 0 heterocycles. The van der Waals surface area contributed by atoms with Crippen LogP contribution >= 0.6 is 15.9 Å². The molecule has 0 saturated heterocycles. The van der Waals surface area contributed by atoms with Crippen molar-refractivity contribution in [1.82, 2.24) is 5.32 Å². The first-order valence-corrected chi connectivity index (χ1v) is 7.35. The highest BCUT2D eigenvalue weighted by atomic mass is 79.9. The minimum Gasteiger partial charge on any atom is -0.314 e. The summed E-state index contributed by atoms with van der Waals surface area (Å²) in [7, 11) is 0. The van der Waals surface area contributed by atoms with E-state index in [4.69, 9.17) is 0 Å².